The van der Waals surface area contributed by atoms with E-state index in [1.165, 1.54) is 0 Å². The molecule has 1 aromatic rings. The van der Waals surface area contributed by atoms with E-state index in [9.17, 15) is 9.90 Å². The molecule has 1 saturated heterocycles. The third-order valence-electron chi connectivity index (χ3n) is 3.64. The first kappa shape index (κ1) is 13.8. The summed E-state index contributed by atoms with van der Waals surface area (Å²) in [5, 5.41) is 12.4. The lowest BCUT2D eigenvalue weighted by Gasteiger charge is -2.38. The molecule has 0 bridgehead atoms. The first-order chi connectivity index (χ1) is 8.57. The number of aliphatic carboxylic acids is 1. The van der Waals surface area contributed by atoms with Crippen LogP contribution in [0.1, 0.15) is 32.6 Å². The zero-order valence-electron chi connectivity index (χ0n) is 10.4. The largest absolute Gasteiger partial charge is 0.481 e. The van der Waals surface area contributed by atoms with Gasteiger partial charge in [-0.1, -0.05) is 13.3 Å². The Kier molecular flexibility index (Phi) is 4.27. The number of hydrogen-bond acceptors (Lipinski definition) is 4. The smallest absolute Gasteiger partial charge is 0.309 e. The van der Waals surface area contributed by atoms with Crippen molar-refractivity contribution >= 4 is 38.4 Å². The van der Waals surface area contributed by atoms with E-state index in [1.54, 1.807) is 11.3 Å². The summed E-state index contributed by atoms with van der Waals surface area (Å²) in [5.74, 6) is -0.635. The number of thiazole rings is 1. The second-order valence-electron chi connectivity index (χ2n) is 4.78. The number of carbonyl (C=O) groups is 1. The third-order valence-corrected chi connectivity index (χ3v) is 5.25. The summed E-state index contributed by atoms with van der Waals surface area (Å²) >= 11 is 4.95. The summed E-state index contributed by atoms with van der Waals surface area (Å²) in [5.41, 5.74) is -0.514. The van der Waals surface area contributed by atoms with Gasteiger partial charge in [-0.15, -0.1) is 11.3 Å². The molecule has 0 saturated carbocycles. The van der Waals surface area contributed by atoms with Crippen LogP contribution in [0.2, 0.25) is 0 Å². The van der Waals surface area contributed by atoms with Gasteiger partial charge in [-0.2, -0.15) is 0 Å². The Labute approximate surface area is 119 Å². The van der Waals surface area contributed by atoms with Crippen molar-refractivity contribution < 1.29 is 9.90 Å². The highest BCUT2D eigenvalue weighted by Crippen LogP contribution is 2.38. The average Bonchev–Trinajstić information content (AvgIpc) is 2.77. The summed E-state index contributed by atoms with van der Waals surface area (Å²) in [7, 11) is 0. The Balaban J connectivity index is 2.04. The minimum atomic E-state index is -0.635. The fourth-order valence-corrected chi connectivity index (χ4v) is 3.87. The van der Waals surface area contributed by atoms with Crippen LogP contribution in [0.25, 0.3) is 0 Å². The van der Waals surface area contributed by atoms with E-state index in [0.29, 0.717) is 12.8 Å². The maximum absolute atomic E-state index is 11.5. The SMILES string of the molecule is CCCC1(C(=O)O)CCN(c2nc(Br)cs2)CC1. The van der Waals surface area contributed by atoms with Gasteiger partial charge in [0.25, 0.3) is 0 Å². The molecule has 1 aliphatic heterocycles. The van der Waals surface area contributed by atoms with Crippen LogP contribution in [0, 0.1) is 5.41 Å². The lowest BCUT2D eigenvalue weighted by Crippen LogP contribution is -2.44. The molecule has 0 spiro atoms. The van der Waals surface area contributed by atoms with Crippen molar-refractivity contribution in [2.75, 3.05) is 18.0 Å². The Bertz CT molecular complexity index is 427. The van der Waals surface area contributed by atoms with Crippen LogP contribution in [0.4, 0.5) is 5.13 Å². The Hall–Kier alpha value is -0.620. The molecular formula is C12H17BrN2O2S. The van der Waals surface area contributed by atoms with E-state index in [0.717, 1.165) is 35.7 Å². The number of halogens is 1. The summed E-state index contributed by atoms with van der Waals surface area (Å²) in [6, 6.07) is 0. The Morgan fingerprint density at radius 1 is 1.61 bits per heavy atom. The van der Waals surface area contributed by atoms with E-state index >= 15 is 0 Å². The van der Waals surface area contributed by atoms with Crippen molar-refractivity contribution in [2.24, 2.45) is 5.41 Å². The molecule has 6 heteroatoms. The van der Waals surface area contributed by atoms with E-state index < -0.39 is 11.4 Å². The number of anilines is 1. The summed E-state index contributed by atoms with van der Waals surface area (Å²) in [4.78, 5) is 18.0. The minimum Gasteiger partial charge on any atom is -0.481 e. The van der Waals surface area contributed by atoms with Crippen LogP contribution < -0.4 is 4.90 Å². The van der Waals surface area contributed by atoms with E-state index in [-0.39, 0.29) is 0 Å². The molecule has 2 heterocycles. The minimum absolute atomic E-state index is 0.514. The first-order valence-electron chi connectivity index (χ1n) is 6.17. The maximum Gasteiger partial charge on any atom is 0.309 e. The van der Waals surface area contributed by atoms with Gasteiger partial charge >= 0.3 is 5.97 Å². The van der Waals surface area contributed by atoms with Gasteiger partial charge in [0.15, 0.2) is 5.13 Å². The number of piperidine rings is 1. The van der Waals surface area contributed by atoms with E-state index in [4.69, 9.17) is 0 Å². The quantitative estimate of drug-likeness (QED) is 0.918. The molecule has 18 heavy (non-hydrogen) atoms. The molecule has 0 aromatic carbocycles. The van der Waals surface area contributed by atoms with Crippen LogP contribution in [0.3, 0.4) is 0 Å². The number of carboxylic acid groups (broad SMARTS) is 1. The van der Waals surface area contributed by atoms with Gasteiger partial charge in [-0.05, 0) is 35.2 Å². The fraction of sp³-hybridized carbons (Fsp3) is 0.667. The average molecular weight is 333 g/mol. The number of hydrogen-bond donors (Lipinski definition) is 1. The zero-order valence-corrected chi connectivity index (χ0v) is 12.8. The molecule has 0 atom stereocenters. The normalized spacial score (nSPS) is 18.9. The molecule has 0 unspecified atom stereocenters. The molecule has 2 rings (SSSR count). The van der Waals surface area contributed by atoms with Crippen LogP contribution in [-0.2, 0) is 4.79 Å². The van der Waals surface area contributed by atoms with E-state index in [2.05, 4.69) is 32.7 Å². The standard InChI is InChI=1S/C12H17BrN2O2S/c1-2-3-12(10(16)17)4-6-15(7-5-12)11-14-9(13)8-18-11/h8H,2-7H2,1H3,(H,16,17). The topological polar surface area (TPSA) is 53.4 Å². The van der Waals surface area contributed by atoms with Crippen molar-refractivity contribution in [1.82, 2.24) is 4.98 Å². The molecule has 1 N–H and O–H groups in total. The van der Waals surface area contributed by atoms with Gasteiger partial charge in [0.05, 0.1) is 5.41 Å². The van der Waals surface area contributed by atoms with Crippen molar-refractivity contribution in [2.45, 2.75) is 32.6 Å². The Morgan fingerprint density at radius 2 is 2.28 bits per heavy atom. The van der Waals surface area contributed by atoms with Crippen molar-refractivity contribution in [3.05, 3.63) is 9.98 Å². The van der Waals surface area contributed by atoms with Crippen LogP contribution in [0.5, 0.6) is 0 Å². The highest BCUT2D eigenvalue weighted by atomic mass is 79.9. The molecule has 0 aliphatic carbocycles. The van der Waals surface area contributed by atoms with Gasteiger partial charge < -0.3 is 10.0 Å². The lowest BCUT2D eigenvalue weighted by molar-refractivity contribution is -0.150. The highest BCUT2D eigenvalue weighted by molar-refractivity contribution is 9.10. The predicted octanol–water partition coefficient (Wildman–Crippen LogP) is 3.38. The van der Waals surface area contributed by atoms with Gasteiger partial charge in [-0.3, -0.25) is 4.79 Å². The number of carboxylic acids is 1. The van der Waals surface area contributed by atoms with Crippen LogP contribution in [-0.4, -0.2) is 29.1 Å². The molecule has 0 amide bonds. The maximum atomic E-state index is 11.5. The molecule has 100 valence electrons. The third kappa shape index (κ3) is 2.69. The van der Waals surface area contributed by atoms with Gasteiger partial charge in [0, 0.05) is 18.5 Å². The first-order valence-corrected chi connectivity index (χ1v) is 7.84. The molecule has 1 aromatic heterocycles. The van der Waals surface area contributed by atoms with Crippen molar-refractivity contribution in [3.8, 4) is 0 Å². The molecule has 0 radical (unpaired) electrons. The predicted molar refractivity (Wildman–Crippen MR) is 76.2 cm³/mol. The number of nitrogens with zero attached hydrogens (tertiary/aromatic N) is 2. The van der Waals surface area contributed by atoms with E-state index in [1.807, 2.05) is 5.38 Å². The van der Waals surface area contributed by atoms with Crippen molar-refractivity contribution in [1.29, 1.82) is 0 Å². The summed E-state index contributed by atoms with van der Waals surface area (Å²) < 4.78 is 0.853. The highest BCUT2D eigenvalue weighted by Gasteiger charge is 2.40. The van der Waals surface area contributed by atoms with Crippen LogP contribution in [0.15, 0.2) is 9.98 Å². The summed E-state index contributed by atoms with van der Waals surface area (Å²) in [6.07, 6.45) is 3.13. The number of aromatic nitrogens is 1. The monoisotopic (exact) mass is 332 g/mol. The summed E-state index contributed by atoms with van der Waals surface area (Å²) in [6.45, 7) is 3.62. The lowest BCUT2D eigenvalue weighted by atomic mass is 9.75. The fourth-order valence-electron chi connectivity index (χ4n) is 2.57. The van der Waals surface area contributed by atoms with Gasteiger partial charge in [0.2, 0.25) is 0 Å². The second-order valence-corrected chi connectivity index (χ2v) is 6.42. The zero-order chi connectivity index (χ0) is 13.2. The van der Waals surface area contributed by atoms with Crippen LogP contribution >= 0.6 is 27.3 Å². The molecule has 1 aliphatic rings. The molecule has 4 nitrogen and oxygen atoms in total. The number of rotatable bonds is 4. The second kappa shape index (κ2) is 5.57. The molecule has 1 fully saturated rings. The Morgan fingerprint density at radius 3 is 2.72 bits per heavy atom. The molecular weight excluding hydrogens is 316 g/mol. The van der Waals surface area contributed by atoms with Gasteiger partial charge in [0.1, 0.15) is 4.60 Å². The van der Waals surface area contributed by atoms with Gasteiger partial charge in [-0.25, -0.2) is 4.98 Å². The van der Waals surface area contributed by atoms with Crippen molar-refractivity contribution in [3.63, 3.8) is 0 Å².